The predicted molar refractivity (Wildman–Crippen MR) is 212 cm³/mol. The average Bonchev–Trinajstić information content (AvgIpc) is 3.72. The van der Waals surface area contributed by atoms with Crippen molar-refractivity contribution < 1.29 is 25.5 Å². The van der Waals surface area contributed by atoms with Gasteiger partial charge in [0.2, 0.25) is 17.2 Å². The lowest BCUT2D eigenvalue weighted by molar-refractivity contribution is 0.330. The Morgan fingerprint density at radius 2 is 0.868 bits per heavy atom. The van der Waals surface area contributed by atoms with Gasteiger partial charge in [0.05, 0.1) is 27.6 Å². The molecule has 10 rings (SSSR count). The van der Waals surface area contributed by atoms with Gasteiger partial charge in [-0.05, 0) is 76.0 Å². The molecule has 2 aromatic heterocycles. The van der Waals surface area contributed by atoms with Crippen LogP contribution in [0.2, 0.25) is 0 Å². The van der Waals surface area contributed by atoms with Gasteiger partial charge in [0, 0.05) is 32.9 Å². The van der Waals surface area contributed by atoms with E-state index in [1.807, 2.05) is 30.3 Å². The van der Waals surface area contributed by atoms with E-state index in [2.05, 4.69) is 118 Å². The normalized spacial score (nSPS) is 11.8. The van der Waals surface area contributed by atoms with Crippen molar-refractivity contribution in [2.75, 3.05) is 0 Å². The molecule has 0 spiro atoms. The van der Waals surface area contributed by atoms with Crippen LogP contribution < -0.4 is 0 Å². The SMILES string of the molecule is Oc1c(O)c(O)c(-c2ccc(-n3c4cc(-c5ccccc5)ccc4c4c5c6ccccc6n(-c6ccc7ccccc7c6)c5ccc43)cc2)c(O)c1O. The fourth-order valence-electron chi connectivity index (χ4n) is 7.98. The van der Waals surface area contributed by atoms with Gasteiger partial charge in [-0.25, -0.2) is 0 Å². The molecule has 0 amide bonds. The standard InChI is InChI=1S/C46H30N2O5/c49-42-39(43(50)45(52)46(53)44(42)51)28-15-18-31(19-16-28)47-36-22-23-37-40(41(36)34-21-17-30(25-38(34)47)26-8-2-1-3-9-26)33-12-6-7-13-35(33)48(37)32-20-14-27-10-4-5-11-29(27)24-32/h1-25,49-53H. The molecule has 0 atom stereocenters. The Morgan fingerprint density at radius 3 is 1.58 bits per heavy atom. The molecule has 0 saturated heterocycles. The zero-order valence-electron chi connectivity index (χ0n) is 28.1. The lowest BCUT2D eigenvalue weighted by Gasteiger charge is -2.14. The smallest absolute Gasteiger partial charge is 0.208 e. The molecular formula is C46H30N2O5. The summed E-state index contributed by atoms with van der Waals surface area (Å²) in [6.45, 7) is 0. The second-order valence-electron chi connectivity index (χ2n) is 13.3. The van der Waals surface area contributed by atoms with Gasteiger partial charge in [0.1, 0.15) is 0 Å². The van der Waals surface area contributed by atoms with E-state index in [-0.39, 0.29) is 5.56 Å². The number of nitrogens with zero attached hydrogens (tertiary/aromatic N) is 2. The minimum atomic E-state index is -0.992. The third kappa shape index (κ3) is 4.41. The number of para-hydroxylation sites is 1. The maximum absolute atomic E-state index is 10.6. The van der Waals surface area contributed by atoms with Gasteiger partial charge in [-0.2, -0.15) is 0 Å². The van der Waals surface area contributed by atoms with Gasteiger partial charge >= 0.3 is 0 Å². The first-order chi connectivity index (χ1) is 25.9. The third-order valence-corrected chi connectivity index (χ3v) is 10.4. The Bertz CT molecular complexity index is 3080. The van der Waals surface area contributed by atoms with Gasteiger partial charge in [0.25, 0.3) is 0 Å². The van der Waals surface area contributed by atoms with Crippen molar-refractivity contribution in [1.29, 1.82) is 0 Å². The maximum Gasteiger partial charge on any atom is 0.208 e. The fourth-order valence-corrected chi connectivity index (χ4v) is 7.98. The zero-order chi connectivity index (χ0) is 36.0. The van der Waals surface area contributed by atoms with Crippen LogP contribution in [0.4, 0.5) is 0 Å². The number of fused-ring (bicyclic) bond motifs is 8. The van der Waals surface area contributed by atoms with Crippen molar-refractivity contribution in [3.8, 4) is 62.4 Å². The van der Waals surface area contributed by atoms with E-state index in [0.29, 0.717) is 5.56 Å². The van der Waals surface area contributed by atoms with Crippen molar-refractivity contribution in [3.63, 3.8) is 0 Å². The van der Waals surface area contributed by atoms with E-state index in [1.165, 1.54) is 10.8 Å². The molecule has 7 heteroatoms. The maximum atomic E-state index is 10.6. The number of phenolic OH excluding ortho intramolecular Hbond substituents is 5. The Kier molecular flexibility index (Phi) is 6.50. The number of rotatable bonds is 4. The lowest BCUT2D eigenvalue weighted by Crippen LogP contribution is -1.95. The summed E-state index contributed by atoms with van der Waals surface area (Å²) in [5.41, 5.74) is 8.40. The van der Waals surface area contributed by atoms with Crippen molar-refractivity contribution >= 4 is 54.4 Å². The molecule has 8 aromatic carbocycles. The second kappa shape index (κ2) is 11.3. The van der Waals surface area contributed by atoms with Crippen molar-refractivity contribution in [1.82, 2.24) is 9.13 Å². The molecule has 53 heavy (non-hydrogen) atoms. The molecule has 0 unspecified atom stereocenters. The van der Waals surface area contributed by atoms with Gasteiger partial charge in [0.15, 0.2) is 11.5 Å². The van der Waals surface area contributed by atoms with Crippen LogP contribution in [0.3, 0.4) is 0 Å². The quantitative estimate of drug-likeness (QED) is 0.0932. The monoisotopic (exact) mass is 690 g/mol. The van der Waals surface area contributed by atoms with Gasteiger partial charge < -0.3 is 34.7 Å². The van der Waals surface area contributed by atoms with Crippen molar-refractivity contribution in [2.24, 2.45) is 0 Å². The van der Waals surface area contributed by atoms with E-state index in [4.69, 9.17) is 0 Å². The minimum Gasteiger partial charge on any atom is -0.504 e. The molecule has 0 aliphatic carbocycles. The van der Waals surface area contributed by atoms with Crippen LogP contribution in [-0.2, 0) is 0 Å². The van der Waals surface area contributed by atoms with Crippen LogP contribution in [0.5, 0.6) is 28.7 Å². The summed E-state index contributed by atoms with van der Waals surface area (Å²) in [6.07, 6.45) is 0. The summed E-state index contributed by atoms with van der Waals surface area (Å²) < 4.78 is 4.56. The summed E-state index contributed by atoms with van der Waals surface area (Å²) in [5, 5.41) is 58.5. The number of benzene rings is 8. The molecular weight excluding hydrogens is 661 g/mol. The predicted octanol–water partition coefficient (Wildman–Crippen LogP) is 10.9. The number of hydrogen-bond donors (Lipinski definition) is 5. The molecule has 10 aromatic rings. The number of phenols is 5. The molecule has 0 aliphatic heterocycles. The molecule has 0 saturated carbocycles. The molecule has 2 heterocycles. The highest BCUT2D eigenvalue weighted by Gasteiger charge is 2.25. The Hall–Kier alpha value is -7.38. The topological polar surface area (TPSA) is 111 Å². The Labute approximate surface area is 302 Å². The summed E-state index contributed by atoms with van der Waals surface area (Å²) in [7, 11) is 0. The first-order valence-corrected chi connectivity index (χ1v) is 17.2. The molecule has 0 bridgehead atoms. The Balaban J connectivity index is 1.27. The van der Waals surface area contributed by atoms with Crippen LogP contribution in [-0.4, -0.2) is 34.7 Å². The van der Waals surface area contributed by atoms with E-state index in [1.54, 1.807) is 12.1 Å². The highest BCUT2D eigenvalue weighted by molar-refractivity contribution is 6.29. The molecule has 0 fully saturated rings. The van der Waals surface area contributed by atoms with Crippen LogP contribution in [0.25, 0.3) is 88.0 Å². The van der Waals surface area contributed by atoms with Crippen molar-refractivity contribution in [2.45, 2.75) is 0 Å². The van der Waals surface area contributed by atoms with Crippen LogP contribution in [0, 0.1) is 0 Å². The van der Waals surface area contributed by atoms with E-state index < -0.39 is 28.7 Å². The molecule has 0 radical (unpaired) electrons. The number of aromatic nitrogens is 2. The van der Waals surface area contributed by atoms with Crippen LogP contribution in [0.1, 0.15) is 0 Å². The Morgan fingerprint density at radius 1 is 0.321 bits per heavy atom. The summed E-state index contributed by atoms with van der Waals surface area (Å²) >= 11 is 0. The fraction of sp³-hybridized carbons (Fsp3) is 0. The molecule has 7 nitrogen and oxygen atoms in total. The first-order valence-electron chi connectivity index (χ1n) is 17.2. The molecule has 254 valence electrons. The van der Waals surface area contributed by atoms with Crippen LogP contribution in [0.15, 0.2) is 152 Å². The first kappa shape index (κ1) is 30.4. The van der Waals surface area contributed by atoms with E-state index in [0.717, 1.165) is 66.1 Å². The summed E-state index contributed by atoms with van der Waals surface area (Å²) in [5.74, 6) is -4.29. The third-order valence-electron chi connectivity index (χ3n) is 10.4. The van der Waals surface area contributed by atoms with E-state index >= 15 is 0 Å². The van der Waals surface area contributed by atoms with Gasteiger partial charge in [-0.3, -0.25) is 0 Å². The van der Waals surface area contributed by atoms with E-state index in [9.17, 15) is 25.5 Å². The minimum absolute atomic E-state index is 0.193. The number of aromatic hydroxyl groups is 5. The van der Waals surface area contributed by atoms with Gasteiger partial charge in [-0.1, -0.05) is 103 Å². The van der Waals surface area contributed by atoms with Gasteiger partial charge in [-0.15, -0.1) is 0 Å². The summed E-state index contributed by atoms with van der Waals surface area (Å²) in [4.78, 5) is 0. The highest BCUT2D eigenvalue weighted by atomic mass is 16.4. The number of hydrogen-bond acceptors (Lipinski definition) is 5. The largest absolute Gasteiger partial charge is 0.504 e. The van der Waals surface area contributed by atoms with Crippen molar-refractivity contribution in [3.05, 3.63) is 152 Å². The molecule has 5 N–H and O–H groups in total. The zero-order valence-corrected chi connectivity index (χ0v) is 28.1. The lowest BCUT2D eigenvalue weighted by atomic mass is 10.0. The summed E-state index contributed by atoms with van der Waals surface area (Å²) in [6, 6.07) is 51.8. The second-order valence-corrected chi connectivity index (χ2v) is 13.3. The average molecular weight is 691 g/mol. The van der Waals surface area contributed by atoms with Crippen LogP contribution >= 0.6 is 0 Å². The highest BCUT2D eigenvalue weighted by Crippen LogP contribution is 2.55. The molecule has 0 aliphatic rings.